The van der Waals surface area contributed by atoms with Gasteiger partial charge >= 0.3 is 0 Å². The molecule has 3 N–H and O–H groups in total. The summed E-state index contributed by atoms with van der Waals surface area (Å²) in [6, 6.07) is 11.0. The zero-order valence-electron chi connectivity index (χ0n) is 24.1. The summed E-state index contributed by atoms with van der Waals surface area (Å²) in [5, 5.41) is 22.6. The van der Waals surface area contributed by atoms with Crippen molar-refractivity contribution in [2.45, 2.75) is 78.2 Å². The molecule has 0 bridgehead atoms. The number of anilines is 1. The summed E-state index contributed by atoms with van der Waals surface area (Å²) in [6.07, 6.45) is 1.62. The second-order valence-corrected chi connectivity index (χ2v) is 12.9. The third kappa shape index (κ3) is 6.83. The molecule has 7 nitrogen and oxygen atoms in total. The van der Waals surface area contributed by atoms with Gasteiger partial charge in [-0.2, -0.15) is 0 Å². The summed E-state index contributed by atoms with van der Waals surface area (Å²) in [5.74, 6) is 1.76. The fraction of sp³-hybridized carbons (Fsp3) is 0.516. The number of amides is 1. The summed E-state index contributed by atoms with van der Waals surface area (Å²) in [7, 11) is 0. The number of halogens is 1. The first kappa shape index (κ1) is 30.7. The molecule has 1 amide bonds. The molecule has 4 rings (SSSR count). The van der Waals surface area contributed by atoms with Gasteiger partial charge in [0.05, 0.1) is 18.5 Å². The van der Waals surface area contributed by atoms with Crippen molar-refractivity contribution in [2.75, 3.05) is 18.4 Å². The minimum absolute atomic E-state index is 0. The largest absolute Gasteiger partial charge is 0.507 e. The van der Waals surface area contributed by atoms with E-state index in [-0.39, 0.29) is 69.7 Å². The van der Waals surface area contributed by atoms with Gasteiger partial charge in [-0.3, -0.25) is 15.0 Å². The number of phenolic OH excluding ortho intramolecular Hbond substituents is 1. The zero-order chi connectivity index (χ0) is 28.0. The summed E-state index contributed by atoms with van der Waals surface area (Å²) >= 11 is 0. The number of benzene rings is 2. The number of ether oxygens (including phenoxy) is 1. The SMILES string of the molecule is Br.CC(=O)Nc1ccc(O[C@@H]2C[C@H]3CN(CC(=O)c4cc(C(C)(C)C)c(O)c(C(C)(C)C)c4)C(=N)[C@H]3C2)cc1. The Hall–Kier alpha value is -2.87. The van der Waals surface area contributed by atoms with Crippen LogP contribution in [0.25, 0.3) is 0 Å². The van der Waals surface area contributed by atoms with Crippen molar-refractivity contribution in [3.8, 4) is 11.5 Å². The minimum atomic E-state index is -0.309. The number of hydrogen-bond donors (Lipinski definition) is 3. The van der Waals surface area contributed by atoms with E-state index in [0.29, 0.717) is 17.9 Å². The minimum Gasteiger partial charge on any atom is -0.507 e. The van der Waals surface area contributed by atoms with Crippen LogP contribution in [-0.2, 0) is 15.6 Å². The van der Waals surface area contributed by atoms with E-state index in [1.54, 1.807) is 0 Å². The highest BCUT2D eigenvalue weighted by molar-refractivity contribution is 8.93. The van der Waals surface area contributed by atoms with Gasteiger partial charge < -0.3 is 20.1 Å². The van der Waals surface area contributed by atoms with Crippen LogP contribution in [0.5, 0.6) is 11.5 Å². The lowest BCUT2D eigenvalue weighted by Crippen LogP contribution is -2.34. The van der Waals surface area contributed by atoms with E-state index in [1.807, 2.05) is 82.8 Å². The molecule has 1 aliphatic heterocycles. The molecule has 8 heteroatoms. The third-order valence-electron chi connectivity index (χ3n) is 7.66. The van der Waals surface area contributed by atoms with Gasteiger partial charge in [-0.1, -0.05) is 41.5 Å². The molecule has 2 aromatic carbocycles. The Morgan fingerprint density at radius 1 is 1.03 bits per heavy atom. The number of carbonyl (C=O) groups excluding carboxylic acids is 2. The topological polar surface area (TPSA) is 103 Å². The van der Waals surface area contributed by atoms with E-state index in [4.69, 9.17) is 10.1 Å². The molecule has 1 heterocycles. The van der Waals surface area contributed by atoms with E-state index in [2.05, 4.69) is 5.32 Å². The van der Waals surface area contributed by atoms with Gasteiger partial charge in [-0.15, -0.1) is 17.0 Å². The second kappa shape index (κ2) is 11.3. The van der Waals surface area contributed by atoms with Crippen LogP contribution in [0.15, 0.2) is 36.4 Å². The molecule has 0 radical (unpaired) electrons. The Bertz CT molecular complexity index is 1210. The number of carbonyl (C=O) groups is 2. The molecule has 212 valence electrons. The summed E-state index contributed by atoms with van der Waals surface area (Å²) in [4.78, 5) is 26.6. The first-order valence-corrected chi connectivity index (χ1v) is 13.4. The molecule has 1 saturated carbocycles. The van der Waals surface area contributed by atoms with Crippen LogP contribution in [0.3, 0.4) is 0 Å². The van der Waals surface area contributed by atoms with E-state index in [9.17, 15) is 14.7 Å². The molecule has 0 spiro atoms. The molecule has 39 heavy (non-hydrogen) atoms. The van der Waals surface area contributed by atoms with Gasteiger partial charge in [0.15, 0.2) is 5.78 Å². The summed E-state index contributed by atoms with van der Waals surface area (Å²) in [5.41, 5.74) is 2.24. The van der Waals surface area contributed by atoms with E-state index < -0.39 is 0 Å². The number of nitrogens with zero attached hydrogens (tertiary/aromatic N) is 1. The maximum Gasteiger partial charge on any atom is 0.221 e. The Labute approximate surface area is 242 Å². The van der Waals surface area contributed by atoms with Crippen LogP contribution in [0, 0.1) is 17.2 Å². The number of nitrogens with one attached hydrogen (secondary N) is 2. The molecule has 2 fully saturated rings. The molecule has 2 aromatic rings. The molecule has 1 aliphatic carbocycles. The number of likely N-dealkylation sites (tertiary alicyclic amines) is 1. The number of Topliss-reactive ketones (excluding diaryl/α,β-unsaturated/α-hetero) is 1. The monoisotopic (exact) mass is 599 g/mol. The first-order chi connectivity index (χ1) is 17.6. The first-order valence-electron chi connectivity index (χ1n) is 13.4. The predicted octanol–water partition coefficient (Wildman–Crippen LogP) is 6.47. The highest BCUT2D eigenvalue weighted by atomic mass is 79.9. The van der Waals surface area contributed by atoms with Gasteiger partial charge in [-0.25, -0.2) is 0 Å². The number of aromatic hydroxyl groups is 1. The van der Waals surface area contributed by atoms with E-state index in [1.165, 1.54) is 6.92 Å². The zero-order valence-corrected chi connectivity index (χ0v) is 25.8. The lowest BCUT2D eigenvalue weighted by Gasteiger charge is -2.28. The van der Waals surface area contributed by atoms with Crippen molar-refractivity contribution in [1.82, 2.24) is 4.90 Å². The van der Waals surface area contributed by atoms with Crippen molar-refractivity contribution >= 4 is 40.2 Å². The van der Waals surface area contributed by atoms with Crippen molar-refractivity contribution < 1.29 is 19.4 Å². The average molecular weight is 601 g/mol. The Balaban J connectivity index is 0.00000420. The van der Waals surface area contributed by atoms with Crippen LogP contribution < -0.4 is 10.1 Å². The second-order valence-electron chi connectivity index (χ2n) is 12.9. The molecular formula is C31H42BrN3O4. The van der Waals surface area contributed by atoms with E-state index >= 15 is 0 Å². The van der Waals surface area contributed by atoms with Gasteiger partial charge in [0, 0.05) is 41.8 Å². The maximum absolute atomic E-state index is 13.5. The van der Waals surface area contributed by atoms with Crippen LogP contribution >= 0.6 is 17.0 Å². The number of ketones is 1. The average Bonchev–Trinajstić information content (AvgIpc) is 3.31. The quantitative estimate of drug-likeness (QED) is 0.330. The molecule has 1 saturated heterocycles. The van der Waals surface area contributed by atoms with Crippen LogP contribution in [-0.4, -0.2) is 46.7 Å². The van der Waals surface area contributed by atoms with E-state index in [0.717, 1.165) is 35.4 Å². The maximum atomic E-state index is 13.5. The van der Waals surface area contributed by atoms with Crippen LogP contribution in [0.4, 0.5) is 5.69 Å². The van der Waals surface area contributed by atoms with Crippen LogP contribution in [0.2, 0.25) is 0 Å². The lowest BCUT2D eigenvalue weighted by molar-refractivity contribution is -0.114. The molecule has 2 aliphatic rings. The number of amidine groups is 1. The smallest absolute Gasteiger partial charge is 0.221 e. The highest BCUT2D eigenvalue weighted by Crippen LogP contribution is 2.42. The van der Waals surface area contributed by atoms with Gasteiger partial charge in [0.1, 0.15) is 11.5 Å². The molecule has 0 unspecified atom stereocenters. The standard InChI is InChI=1S/C31H41N3O4.BrH/c1-18(35)33-21-8-10-22(11-9-21)38-23-12-20-16-34(29(32)24(20)15-23)17-27(36)19-13-25(30(2,3)4)28(37)26(14-19)31(5,6)7;/h8-11,13-14,20,23-24,32,37H,12,15-17H2,1-7H3,(H,33,35);1H/t20-,23+,24-;/m0./s1. The Morgan fingerprint density at radius 2 is 1.59 bits per heavy atom. The molecule has 0 aromatic heterocycles. The molecular weight excluding hydrogens is 558 g/mol. The fourth-order valence-electron chi connectivity index (χ4n) is 5.69. The fourth-order valence-corrected chi connectivity index (χ4v) is 5.69. The van der Waals surface area contributed by atoms with Crippen LogP contribution in [0.1, 0.15) is 82.8 Å². The van der Waals surface area contributed by atoms with Gasteiger partial charge in [-0.05, 0) is 66.0 Å². The Kier molecular flexibility index (Phi) is 8.90. The summed E-state index contributed by atoms with van der Waals surface area (Å²) in [6.45, 7) is 14.5. The third-order valence-corrected chi connectivity index (χ3v) is 7.66. The summed E-state index contributed by atoms with van der Waals surface area (Å²) < 4.78 is 6.19. The molecule has 3 atom stereocenters. The lowest BCUT2D eigenvalue weighted by atomic mass is 9.78. The number of fused-ring (bicyclic) bond motifs is 1. The highest BCUT2D eigenvalue weighted by Gasteiger charge is 2.46. The Morgan fingerprint density at radius 3 is 2.08 bits per heavy atom. The number of rotatable bonds is 6. The predicted molar refractivity (Wildman–Crippen MR) is 161 cm³/mol. The van der Waals surface area contributed by atoms with Crippen molar-refractivity contribution in [3.63, 3.8) is 0 Å². The van der Waals surface area contributed by atoms with Crippen molar-refractivity contribution in [2.24, 2.45) is 11.8 Å². The number of phenols is 1. The number of hydrogen-bond acceptors (Lipinski definition) is 5. The van der Waals surface area contributed by atoms with Crippen molar-refractivity contribution in [3.05, 3.63) is 53.1 Å². The van der Waals surface area contributed by atoms with Gasteiger partial charge in [0.2, 0.25) is 5.91 Å². The van der Waals surface area contributed by atoms with Gasteiger partial charge in [0.25, 0.3) is 0 Å². The van der Waals surface area contributed by atoms with Crippen molar-refractivity contribution in [1.29, 1.82) is 5.41 Å². The normalized spacial score (nSPS) is 20.8.